The van der Waals surface area contributed by atoms with Crippen LogP contribution in [0.4, 0.5) is 0 Å². The Hall–Kier alpha value is -2.56. The van der Waals surface area contributed by atoms with Gasteiger partial charge in [-0.1, -0.05) is 58.1 Å². The van der Waals surface area contributed by atoms with Crippen molar-refractivity contribution in [2.45, 2.75) is 91.0 Å². The van der Waals surface area contributed by atoms with E-state index in [4.69, 9.17) is 4.98 Å². The number of hydrogen-bond donors (Lipinski definition) is 2. The largest absolute Gasteiger partial charge is 0.324 e. The molecule has 2 aromatic rings. The summed E-state index contributed by atoms with van der Waals surface area (Å²) >= 11 is 0. The quantitative estimate of drug-likeness (QED) is 0.394. The van der Waals surface area contributed by atoms with Gasteiger partial charge in [0.25, 0.3) is 0 Å². The van der Waals surface area contributed by atoms with E-state index < -0.39 is 0 Å². The first-order chi connectivity index (χ1) is 14.7. The SMILES string of the molecule is C=C.C=C(C)c1c(C(C)(C)C)nc(CCC)n1C/C=C1\CCCC(=C)C(c2n[nH][nH]2)C1. The molecule has 2 aromatic heterocycles. The molecule has 0 saturated heterocycles. The van der Waals surface area contributed by atoms with Crippen LogP contribution in [0.2, 0.25) is 0 Å². The Balaban J connectivity index is 0.00000166. The number of aryl methyl sites for hydroxylation is 1. The monoisotopic (exact) mass is 423 g/mol. The Morgan fingerprint density at radius 1 is 1.26 bits per heavy atom. The summed E-state index contributed by atoms with van der Waals surface area (Å²) in [6, 6.07) is 0. The summed E-state index contributed by atoms with van der Waals surface area (Å²) in [6.07, 6.45) is 8.85. The fraction of sp³-hybridized carbons (Fsp3) is 0.538. The Morgan fingerprint density at radius 2 is 1.94 bits per heavy atom. The number of H-pyrrole nitrogens is 2. The minimum absolute atomic E-state index is 0.00135. The maximum absolute atomic E-state index is 5.07. The highest BCUT2D eigenvalue weighted by molar-refractivity contribution is 5.62. The second-order valence-corrected chi connectivity index (χ2v) is 9.48. The van der Waals surface area contributed by atoms with Crippen LogP contribution in [0.3, 0.4) is 0 Å². The summed E-state index contributed by atoms with van der Waals surface area (Å²) in [5, 5.41) is 10.2. The van der Waals surface area contributed by atoms with Crippen LogP contribution in [-0.4, -0.2) is 25.0 Å². The molecule has 0 bridgehead atoms. The summed E-state index contributed by atoms with van der Waals surface area (Å²) in [7, 11) is 0. The molecule has 0 aromatic carbocycles. The molecule has 1 atom stereocenters. The van der Waals surface area contributed by atoms with E-state index in [0.717, 1.165) is 62.2 Å². The van der Waals surface area contributed by atoms with Crippen LogP contribution in [0, 0.1) is 0 Å². The highest BCUT2D eigenvalue weighted by atomic mass is 15.4. The maximum Gasteiger partial charge on any atom is 0.151 e. The number of allylic oxidation sites excluding steroid dienone is 4. The zero-order valence-corrected chi connectivity index (χ0v) is 20.3. The van der Waals surface area contributed by atoms with E-state index in [-0.39, 0.29) is 5.41 Å². The zero-order valence-electron chi connectivity index (χ0n) is 20.3. The molecule has 2 N–H and O–H groups in total. The number of hydrogen-bond acceptors (Lipinski definition) is 2. The number of rotatable bonds is 6. The lowest BCUT2D eigenvalue weighted by Crippen LogP contribution is -2.15. The minimum atomic E-state index is 0.00135. The van der Waals surface area contributed by atoms with Gasteiger partial charge in [0.05, 0.1) is 11.4 Å². The molecule has 0 amide bonds. The maximum atomic E-state index is 5.07. The summed E-state index contributed by atoms with van der Waals surface area (Å²) in [5.74, 6) is 2.50. The fourth-order valence-electron chi connectivity index (χ4n) is 4.27. The molecule has 1 fully saturated rings. The predicted molar refractivity (Wildman–Crippen MR) is 132 cm³/mol. The van der Waals surface area contributed by atoms with E-state index >= 15 is 0 Å². The number of nitrogens with zero attached hydrogens (tertiary/aromatic N) is 3. The summed E-state index contributed by atoms with van der Waals surface area (Å²) in [5.41, 5.74) is 6.25. The van der Waals surface area contributed by atoms with Gasteiger partial charge in [0, 0.05) is 24.3 Å². The van der Waals surface area contributed by atoms with Crippen molar-refractivity contribution in [1.29, 1.82) is 0 Å². The van der Waals surface area contributed by atoms with E-state index in [9.17, 15) is 0 Å². The molecule has 5 heteroatoms. The van der Waals surface area contributed by atoms with Gasteiger partial charge >= 0.3 is 0 Å². The van der Waals surface area contributed by atoms with E-state index in [0.29, 0.717) is 5.92 Å². The average molecular weight is 424 g/mol. The van der Waals surface area contributed by atoms with Crippen LogP contribution in [0.15, 0.2) is 43.5 Å². The number of imidazole rings is 1. The molecule has 170 valence electrons. The topological polar surface area (TPSA) is 62.3 Å². The molecular weight excluding hydrogens is 382 g/mol. The van der Waals surface area contributed by atoms with Crippen molar-refractivity contribution in [3.8, 4) is 0 Å². The normalized spacial score (nSPS) is 18.5. The fourth-order valence-corrected chi connectivity index (χ4v) is 4.27. The number of nitrogens with one attached hydrogen (secondary N) is 2. The van der Waals surface area contributed by atoms with Gasteiger partial charge in [-0.3, -0.25) is 5.10 Å². The van der Waals surface area contributed by atoms with Crippen molar-refractivity contribution >= 4 is 5.57 Å². The lowest BCUT2D eigenvalue weighted by molar-refractivity contribution is 0.568. The molecule has 1 unspecified atom stereocenters. The summed E-state index contributed by atoms with van der Waals surface area (Å²) in [6.45, 7) is 26.5. The van der Waals surface area contributed by atoms with E-state index in [1.807, 2.05) is 0 Å². The van der Waals surface area contributed by atoms with Crippen LogP contribution in [0.5, 0.6) is 0 Å². The molecule has 1 saturated carbocycles. The van der Waals surface area contributed by atoms with Crippen molar-refractivity contribution in [2.24, 2.45) is 0 Å². The van der Waals surface area contributed by atoms with E-state index in [1.165, 1.54) is 22.7 Å². The first kappa shape index (κ1) is 24.7. The van der Waals surface area contributed by atoms with Crippen LogP contribution in [0.1, 0.15) is 95.7 Å². The van der Waals surface area contributed by atoms with Crippen LogP contribution in [-0.2, 0) is 18.4 Å². The third kappa shape index (κ3) is 5.78. The molecule has 31 heavy (non-hydrogen) atoms. The van der Waals surface area contributed by atoms with Gasteiger partial charge in [-0.2, -0.15) is 0 Å². The van der Waals surface area contributed by atoms with Crippen LogP contribution in [0.25, 0.3) is 5.57 Å². The van der Waals surface area contributed by atoms with Crippen molar-refractivity contribution in [3.05, 3.63) is 66.6 Å². The van der Waals surface area contributed by atoms with E-state index in [2.05, 4.69) is 87.0 Å². The van der Waals surface area contributed by atoms with Gasteiger partial charge in [0.1, 0.15) is 5.82 Å². The van der Waals surface area contributed by atoms with Gasteiger partial charge in [0.15, 0.2) is 5.82 Å². The van der Waals surface area contributed by atoms with Gasteiger partial charge in [-0.05, 0) is 44.6 Å². The lowest BCUT2D eigenvalue weighted by atomic mass is 9.89. The molecule has 5 nitrogen and oxygen atoms in total. The van der Waals surface area contributed by atoms with Crippen LogP contribution >= 0.6 is 0 Å². The highest BCUT2D eigenvalue weighted by Crippen LogP contribution is 2.36. The minimum Gasteiger partial charge on any atom is -0.324 e. The molecule has 0 spiro atoms. The molecule has 3 rings (SSSR count). The molecule has 0 aliphatic heterocycles. The van der Waals surface area contributed by atoms with Crippen LogP contribution < -0.4 is 0 Å². The second kappa shape index (κ2) is 10.7. The van der Waals surface area contributed by atoms with Gasteiger partial charge < -0.3 is 4.57 Å². The predicted octanol–water partition coefficient (Wildman–Crippen LogP) is 6.86. The third-order valence-electron chi connectivity index (χ3n) is 5.84. The van der Waals surface area contributed by atoms with Crippen molar-refractivity contribution in [3.63, 3.8) is 0 Å². The summed E-state index contributed by atoms with van der Waals surface area (Å²) in [4.78, 5) is 5.07. The first-order valence-corrected chi connectivity index (χ1v) is 11.4. The van der Waals surface area contributed by atoms with Crippen molar-refractivity contribution < 1.29 is 0 Å². The van der Waals surface area contributed by atoms with Gasteiger partial charge in [-0.15, -0.1) is 18.3 Å². The first-order valence-electron chi connectivity index (χ1n) is 11.4. The molecular formula is C26H41N5. The molecule has 1 aliphatic rings. The molecule has 1 aliphatic carbocycles. The Morgan fingerprint density at radius 3 is 2.45 bits per heavy atom. The van der Waals surface area contributed by atoms with Gasteiger partial charge in [0.2, 0.25) is 0 Å². The standard InChI is InChI=1S/C24H37N5.C2H4/c1-8-10-20-25-22(24(5,6)7)21(16(2)3)29(20)14-13-18-12-9-11-17(4)19(15-18)23-26-28-27-23;1-2/h13,19,28H,2,4,8-12,14-15H2,1,3,5-7H3,(H,26,27);1-2H2/b18-13+;. The lowest BCUT2D eigenvalue weighted by Gasteiger charge is -2.20. The molecule has 0 radical (unpaired) electrons. The third-order valence-corrected chi connectivity index (χ3v) is 5.84. The molecule has 2 heterocycles. The van der Waals surface area contributed by atoms with Crippen molar-refractivity contribution in [1.82, 2.24) is 25.0 Å². The Bertz CT molecular complexity index is 903. The Kier molecular flexibility index (Phi) is 8.49. The number of aromatic nitrogens is 5. The summed E-state index contributed by atoms with van der Waals surface area (Å²) < 4.78 is 2.40. The highest BCUT2D eigenvalue weighted by Gasteiger charge is 2.27. The Labute approximate surface area is 188 Å². The second-order valence-electron chi connectivity index (χ2n) is 9.48. The average Bonchev–Trinajstić information content (AvgIpc) is 2.95. The van der Waals surface area contributed by atoms with E-state index in [1.54, 1.807) is 0 Å². The smallest absolute Gasteiger partial charge is 0.151 e. The van der Waals surface area contributed by atoms with Crippen molar-refractivity contribution in [2.75, 3.05) is 0 Å². The number of aromatic amines is 2. The van der Waals surface area contributed by atoms with Gasteiger partial charge in [-0.25, -0.2) is 10.2 Å². The zero-order chi connectivity index (χ0) is 23.2.